The number of likely N-dealkylation sites (tertiary alicyclic amines) is 1. The van der Waals surface area contributed by atoms with Crippen LogP contribution in [0.3, 0.4) is 0 Å². The van der Waals surface area contributed by atoms with Crippen LogP contribution in [0.15, 0.2) is 0 Å². The lowest BCUT2D eigenvalue weighted by molar-refractivity contribution is -0.0241. The predicted molar refractivity (Wildman–Crippen MR) is 113 cm³/mol. The molecule has 0 spiro atoms. The molecule has 2 amide bonds. The van der Waals surface area contributed by atoms with Crippen molar-refractivity contribution < 1.29 is 22.7 Å². The van der Waals surface area contributed by atoms with Crippen LogP contribution >= 0.6 is 0 Å². The molecule has 2 aliphatic rings. The zero-order valence-electron chi connectivity index (χ0n) is 18.4. The lowest BCUT2D eigenvalue weighted by Crippen LogP contribution is -2.61. The van der Waals surface area contributed by atoms with Gasteiger partial charge in [-0.2, -0.15) is 0 Å². The Hall–Kier alpha value is -0.900. The number of ether oxygens (including phenoxy) is 2. The fourth-order valence-electron chi connectivity index (χ4n) is 4.45. The molecule has 0 bridgehead atoms. The van der Waals surface area contributed by atoms with Gasteiger partial charge in [0.1, 0.15) is 0 Å². The number of hydrogen-bond donors (Lipinski definition) is 2. The number of nitrogens with zero attached hydrogens (tertiary/aromatic N) is 1. The molecule has 9 heteroatoms. The maximum atomic E-state index is 12.7. The van der Waals surface area contributed by atoms with E-state index in [2.05, 4.69) is 23.9 Å². The molecule has 1 aliphatic heterocycles. The fourth-order valence-corrected chi connectivity index (χ4v) is 5.27. The molecule has 2 atom stereocenters. The van der Waals surface area contributed by atoms with Gasteiger partial charge in [0.25, 0.3) is 0 Å². The Balaban J connectivity index is 1.99. The van der Waals surface area contributed by atoms with Crippen molar-refractivity contribution in [1.82, 2.24) is 14.9 Å². The summed E-state index contributed by atoms with van der Waals surface area (Å²) in [5.74, 6) is 1.45. The Kier molecular flexibility index (Phi) is 9.65. The zero-order chi connectivity index (χ0) is 21.4. The molecule has 0 aromatic heterocycles. The number of piperidine rings is 1. The Morgan fingerprint density at radius 2 is 1.86 bits per heavy atom. The standard InChI is InChI=1S/C20H39N3O5S/c1-15(2)16-7-9-17(10-8-16)28-14-19-18(22-29(4,25)26)6-5-12-23(19)20(24)21-11-13-27-3/h15-19,22H,5-14H2,1-4H3,(H,21,24)/t16?,17?,18-,19-/m0/s1. The summed E-state index contributed by atoms with van der Waals surface area (Å²) in [4.78, 5) is 14.4. The van der Waals surface area contributed by atoms with Crippen molar-refractivity contribution in [1.29, 1.82) is 0 Å². The molecule has 1 heterocycles. The van der Waals surface area contributed by atoms with E-state index in [1.54, 1.807) is 12.0 Å². The first-order chi connectivity index (χ1) is 13.7. The van der Waals surface area contributed by atoms with Gasteiger partial charge in [-0.05, 0) is 50.4 Å². The van der Waals surface area contributed by atoms with E-state index < -0.39 is 10.0 Å². The second kappa shape index (κ2) is 11.5. The van der Waals surface area contributed by atoms with Gasteiger partial charge in [0.05, 0.1) is 31.6 Å². The van der Waals surface area contributed by atoms with Crippen LogP contribution in [-0.4, -0.2) is 77.2 Å². The minimum atomic E-state index is -3.37. The van der Waals surface area contributed by atoms with Crippen molar-refractivity contribution in [2.75, 3.05) is 39.7 Å². The summed E-state index contributed by atoms with van der Waals surface area (Å²) in [5, 5.41) is 2.85. The fraction of sp³-hybridized carbons (Fsp3) is 0.950. The summed E-state index contributed by atoms with van der Waals surface area (Å²) in [5.41, 5.74) is 0. The van der Waals surface area contributed by atoms with Gasteiger partial charge in [-0.3, -0.25) is 0 Å². The highest BCUT2D eigenvalue weighted by Crippen LogP contribution is 2.31. The summed E-state index contributed by atoms with van der Waals surface area (Å²) in [6, 6.07) is -0.845. The van der Waals surface area contributed by atoms with Gasteiger partial charge in [-0.1, -0.05) is 13.8 Å². The number of sulfonamides is 1. The highest BCUT2D eigenvalue weighted by Gasteiger charge is 2.37. The third-order valence-electron chi connectivity index (χ3n) is 6.15. The van der Waals surface area contributed by atoms with Gasteiger partial charge < -0.3 is 19.7 Å². The number of carbonyl (C=O) groups excluding carboxylic acids is 1. The molecular weight excluding hydrogens is 394 g/mol. The lowest BCUT2D eigenvalue weighted by Gasteiger charge is -2.42. The van der Waals surface area contributed by atoms with Gasteiger partial charge in [-0.25, -0.2) is 17.9 Å². The number of carbonyl (C=O) groups is 1. The van der Waals surface area contributed by atoms with Crippen molar-refractivity contribution in [2.45, 2.75) is 70.6 Å². The Labute approximate surface area is 176 Å². The lowest BCUT2D eigenvalue weighted by atomic mass is 9.80. The van der Waals surface area contributed by atoms with Crippen molar-refractivity contribution in [3.8, 4) is 0 Å². The minimum Gasteiger partial charge on any atom is -0.383 e. The molecule has 8 nitrogen and oxygen atoms in total. The predicted octanol–water partition coefficient (Wildman–Crippen LogP) is 1.96. The number of hydrogen-bond acceptors (Lipinski definition) is 5. The van der Waals surface area contributed by atoms with E-state index in [0.29, 0.717) is 38.6 Å². The first kappa shape index (κ1) is 24.4. The monoisotopic (exact) mass is 433 g/mol. The van der Waals surface area contributed by atoms with Gasteiger partial charge in [0, 0.05) is 26.2 Å². The van der Waals surface area contributed by atoms with E-state index in [1.807, 2.05) is 0 Å². The maximum absolute atomic E-state index is 12.7. The van der Waals surface area contributed by atoms with Crippen LogP contribution in [0, 0.1) is 11.8 Å². The second-order valence-corrected chi connectivity index (χ2v) is 10.5. The Morgan fingerprint density at radius 3 is 2.45 bits per heavy atom. The van der Waals surface area contributed by atoms with E-state index in [9.17, 15) is 13.2 Å². The maximum Gasteiger partial charge on any atom is 0.317 e. The van der Waals surface area contributed by atoms with Crippen LogP contribution in [0.2, 0.25) is 0 Å². The summed E-state index contributed by atoms with van der Waals surface area (Å²) in [6.45, 7) is 6.34. The molecule has 170 valence electrons. The molecule has 2 N–H and O–H groups in total. The first-order valence-corrected chi connectivity index (χ1v) is 12.7. The molecule has 2 rings (SSSR count). The van der Waals surface area contributed by atoms with Gasteiger partial charge in [0.2, 0.25) is 10.0 Å². The first-order valence-electron chi connectivity index (χ1n) is 10.8. The van der Waals surface area contributed by atoms with Crippen LogP contribution in [0.4, 0.5) is 4.79 Å². The average molecular weight is 434 g/mol. The SMILES string of the molecule is COCCNC(=O)N1CCC[C@H](NS(C)(=O)=O)[C@@H]1COC1CCC(C(C)C)CC1. The smallest absolute Gasteiger partial charge is 0.317 e. The number of nitrogens with one attached hydrogen (secondary N) is 2. The van der Waals surface area contributed by atoms with E-state index in [-0.39, 0.29) is 24.2 Å². The van der Waals surface area contributed by atoms with E-state index in [1.165, 1.54) is 12.8 Å². The number of amides is 2. The van der Waals surface area contributed by atoms with Crippen molar-refractivity contribution in [3.63, 3.8) is 0 Å². The zero-order valence-corrected chi connectivity index (χ0v) is 19.2. The minimum absolute atomic E-state index is 0.184. The quantitative estimate of drug-likeness (QED) is 0.542. The molecule has 0 aromatic rings. The molecule has 1 saturated carbocycles. The Bertz CT molecular complexity index is 605. The summed E-state index contributed by atoms with van der Waals surface area (Å²) < 4.78 is 37.6. The number of methoxy groups -OCH3 is 1. The highest BCUT2D eigenvalue weighted by atomic mass is 32.2. The van der Waals surface area contributed by atoms with Crippen molar-refractivity contribution in [3.05, 3.63) is 0 Å². The molecule has 1 saturated heterocycles. The average Bonchev–Trinajstić information content (AvgIpc) is 2.66. The largest absolute Gasteiger partial charge is 0.383 e. The van der Waals surface area contributed by atoms with Crippen LogP contribution < -0.4 is 10.0 Å². The molecule has 1 aliphatic carbocycles. The summed E-state index contributed by atoms with van der Waals surface area (Å²) in [7, 11) is -1.78. The molecule has 0 radical (unpaired) electrons. The van der Waals surface area contributed by atoms with Crippen molar-refractivity contribution >= 4 is 16.1 Å². The summed E-state index contributed by atoms with van der Waals surface area (Å²) >= 11 is 0. The number of urea groups is 1. The van der Waals surface area contributed by atoms with Crippen LogP contribution in [0.1, 0.15) is 52.4 Å². The van der Waals surface area contributed by atoms with E-state index in [4.69, 9.17) is 9.47 Å². The van der Waals surface area contributed by atoms with Crippen LogP contribution in [0.5, 0.6) is 0 Å². The van der Waals surface area contributed by atoms with Gasteiger partial charge in [0.15, 0.2) is 0 Å². The number of rotatable bonds is 9. The van der Waals surface area contributed by atoms with Crippen molar-refractivity contribution in [2.24, 2.45) is 11.8 Å². The normalized spacial score (nSPS) is 28.5. The van der Waals surface area contributed by atoms with E-state index in [0.717, 1.165) is 31.4 Å². The summed E-state index contributed by atoms with van der Waals surface area (Å²) in [6.07, 6.45) is 7.18. The molecule has 2 fully saturated rings. The molecule has 0 unspecified atom stereocenters. The third kappa shape index (κ3) is 8.03. The third-order valence-corrected chi connectivity index (χ3v) is 6.88. The van der Waals surface area contributed by atoms with Crippen LogP contribution in [-0.2, 0) is 19.5 Å². The topological polar surface area (TPSA) is 97.0 Å². The molecule has 29 heavy (non-hydrogen) atoms. The highest BCUT2D eigenvalue weighted by molar-refractivity contribution is 7.88. The van der Waals surface area contributed by atoms with E-state index >= 15 is 0 Å². The Morgan fingerprint density at radius 1 is 1.17 bits per heavy atom. The van der Waals surface area contributed by atoms with Gasteiger partial charge >= 0.3 is 6.03 Å². The van der Waals surface area contributed by atoms with Gasteiger partial charge in [-0.15, -0.1) is 0 Å². The second-order valence-electron chi connectivity index (χ2n) is 8.74. The molecular formula is C20H39N3O5S. The van der Waals surface area contributed by atoms with Crippen LogP contribution in [0.25, 0.3) is 0 Å². The molecule has 0 aromatic carbocycles.